The maximum absolute atomic E-state index is 4.63. The summed E-state index contributed by atoms with van der Waals surface area (Å²) in [6.07, 6.45) is 8.49. The van der Waals surface area contributed by atoms with Crippen molar-refractivity contribution in [3.63, 3.8) is 0 Å². The first-order valence-corrected chi connectivity index (χ1v) is 8.71. The van der Waals surface area contributed by atoms with Gasteiger partial charge in [0, 0.05) is 24.8 Å². The number of nitrogens with zero attached hydrogens (tertiary/aromatic N) is 3. The summed E-state index contributed by atoms with van der Waals surface area (Å²) in [5.41, 5.74) is 2.35. The number of hydrogen-bond donors (Lipinski definition) is 1. The molecule has 2 aliphatic rings. The Balaban J connectivity index is 1.52. The Morgan fingerprint density at radius 2 is 1.81 bits per heavy atom. The van der Waals surface area contributed by atoms with E-state index < -0.39 is 0 Å². The van der Waals surface area contributed by atoms with Crippen LogP contribution in [-0.4, -0.2) is 52.0 Å². The molecular formula is C17H30N4. The van der Waals surface area contributed by atoms with Crippen LogP contribution in [0.25, 0.3) is 0 Å². The van der Waals surface area contributed by atoms with Gasteiger partial charge in [0.2, 0.25) is 0 Å². The van der Waals surface area contributed by atoms with Gasteiger partial charge in [0.05, 0.1) is 12.2 Å². The maximum atomic E-state index is 4.63. The standard InChI is InChI=1S/C17H30N4/c1-14-15(2)19-17(18-14)13-20-9-6-10-21(12-11-20)16-7-4-3-5-8-16/h16H,3-13H2,1-2H3,(H,18,19). The zero-order valence-electron chi connectivity index (χ0n) is 13.7. The van der Waals surface area contributed by atoms with Crippen LogP contribution in [0.4, 0.5) is 0 Å². The Morgan fingerprint density at radius 1 is 1.00 bits per heavy atom. The van der Waals surface area contributed by atoms with Crippen molar-refractivity contribution in [3.8, 4) is 0 Å². The highest BCUT2D eigenvalue weighted by Crippen LogP contribution is 2.23. The molecule has 21 heavy (non-hydrogen) atoms. The molecule has 0 radical (unpaired) electrons. The van der Waals surface area contributed by atoms with Gasteiger partial charge in [-0.1, -0.05) is 19.3 Å². The number of hydrogen-bond acceptors (Lipinski definition) is 3. The first-order valence-electron chi connectivity index (χ1n) is 8.71. The average molecular weight is 290 g/mol. The van der Waals surface area contributed by atoms with Crippen LogP contribution in [0.1, 0.15) is 55.7 Å². The Morgan fingerprint density at radius 3 is 2.52 bits per heavy atom. The Bertz CT molecular complexity index is 428. The predicted molar refractivity (Wildman–Crippen MR) is 86.4 cm³/mol. The first-order chi connectivity index (χ1) is 10.2. The lowest BCUT2D eigenvalue weighted by molar-refractivity contribution is 0.158. The van der Waals surface area contributed by atoms with Gasteiger partial charge >= 0.3 is 0 Å². The van der Waals surface area contributed by atoms with Crippen molar-refractivity contribution in [2.24, 2.45) is 0 Å². The lowest BCUT2D eigenvalue weighted by Gasteiger charge is -2.33. The second-order valence-corrected chi connectivity index (χ2v) is 6.85. The number of aryl methyl sites for hydroxylation is 2. The molecule has 2 fully saturated rings. The summed E-state index contributed by atoms with van der Waals surface area (Å²) in [6, 6.07) is 0.867. The minimum Gasteiger partial charge on any atom is -0.345 e. The van der Waals surface area contributed by atoms with Gasteiger partial charge < -0.3 is 4.98 Å². The molecule has 2 heterocycles. The van der Waals surface area contributed by atoms with Gasteiger partial charge in [0.1, 0.15) is 5.82 Å². The third kappa shape index (κ3) is 3.86. The third-order valence-corrected chi connectivity index (χ3v) is 5.26. The van der Waals surface area contributed by atoms with Crippen LogP contribution in [0.3, 0.4) is 0 Å². The van der Waals surface area contributed by atoms with Crippen LogP contribution >= 0.6 is 0 Å². The second-order valence-electron chi connectivity index (χ2n) is 6.85. The van der Waals surface area contributed by atoms with Crippen molar-refractivity contribution in [2.45, 2.75) is 65.0 Å². The molecule has 1 saturated heterocycles. The Hall–Kier alpha value is -0.870. The van der Waals surface area contributed by atoms with Gasteiger partial charge in [-0.25, -0.2) is 4.98 Å². The van der Waals surface area contributed by atoms with E-state index in [-0.39, 0.29) is 0 Å². The summed E-state index contributed by atoms with van der Waals surface area (Å²) in [5, 5.41) is 0. The smallest absolute Gasteiger partial charge is 0.120 e. The molecule has 1 saturated carbocycles. The van der Waals surface area contributed by atoms with Crippen LogP contribution in [0, 0.1) is 13.8 Å². The summed E-state index contributed by atoms with van der Waals surface area (Å²) in [4.78, 5) is 13.4. The van der Waals surface area contributed by atoms with Crippen molar-refractivity contribution in [3.05, 3.63) is 17.2 Å². The molecule has 1 aliphatic carbocycles. The van der Waals surface area contributed by atoms with Crippen molar-refractivity contribution in [2.75, 3.05) is 26.2 Å². The largest absolute Gasteiger partial charge is 0.345 e. The second kappa shape index (κ2) is 6.93. The van der Waals surface area contributed by atoms with E-state index in [1.165, 1.54) is 70.4 Å². The predicted octanol–water partition coefficient (Wildman–Crippen LogP) is 2.87. The van der Waals surface area contributed by atoms with Gasteiger partial charge in [-0.05, 0) is 46.2 Å². The van der Waals surface area contributed by atoms with Crippen molar-refractivity contribution < 1.29 is 0 Å². The fourth-order valence-corrected chi connectivity index (χ4v) is 3.87. The number of nitrogens with one attached hydrogen (secondary N) is 1. The highest BCUT2D eigenvalue weighted by Gasteiger charge is 2.23. The zero-order chi connectivity index (χ0) is 14.7. The zero-order valence-corrected chi connectivity index (χ0v) is 13.7. The molecule has 3 rings (SSSR count). The summed E-state index contributed by atoms with van der Waals surface area (Å²) in [6.45, 7) is 10.1. The lowest BCUT2D eigenvalue weighted by atomic mass is 9.94. The van der Waals surface area contributed by atoms with Gasteiger partial charge in [-0.3, -0.25) is 9.80 Å². The van der Waals surface area contributed by atoms with E-state index in [0.29, 0.717) is 0 Å². The SMILES string of the molecule is Cc1nc(CN2CCCN(C3CCCCC3)CC2)[nH]c1C. The normalized spacial score (nSPS) is 23.3. The average Bonchev–Trinajstić information content (AvgIpc) is 2.68. The first kappa shape index (κ1) is 15.0. The molecule has 118 valence electrons. The fourth-order valence-electron chi connectivity index (χ4n) is 3.87. The van der Waals surface area contributed by atoms with E-state index >= 15 is 0 Å². The molecule has 0 unspecified atom stereocenters. The van der Waals surface area contributed by atoms with Gasteiger partial charge in [-0.2, -0.15) is 0 Å². The van der Waals surface area contributed by atoms with E-state index in [4.69, 9.17) is 0 Å². The van der Waals surface area contributed by atoms with Crippen LogP contribution in [0.2, 0.25) is 0 Å². The van der Waals surface area contributed by atoms with E-state index in [1.807, 2.05) is 0 Å². The minimum atomic E-state index is 0.867. The van der Waals surface area contributed by atoms with Crippen molar-refractivity contribution in [1.29, 1.82) is 0 Å². The van der Waals surface area contributed by atoms with Gasteiger partial charge in [0.15, 0.2) is 0 Å². The Labute approximate surface area is 128 Å². The van der Waals surface area contributed by atoms with Crippen LogP contribution < -0.4 is 0 Å². The Kier molecular flexibility index (Phi) is 4.96. The molecule has 1 aliphatic heterocycles. The monoisotopic (exact) mass is 290 g/mol. The summed E-state index contributed by atoms with van der Waals surface area (Å²) < 4.78 is 0. The van der Waals surface area contributed by atoms with Crippen molar-refractivity contribution >= 4 is 0 Å². The highest BCUT2D eigenvalue weighted by atomic mass is 15.2. The van der Waals surface area contributed by atoms with Gasteiger partial charge in [0.25, 0.3) is 0 Å². The third-order valence-electron chi connectivity index (χ3n) is 5.26. The molecule has 0 bridgehead atoms. The topological polar surface area (TPSA) is 35.2 Å². The number of aromatic amines is 1. The number of aromatic nitrogens is 2. The number of H-pyrrole nitrogens is 1. The fraction of sp³-hybridized carbons (Fsp3) is 0.824. The van der Waals surface area contributed by atoms with E-state index in [0.717, 1.165) is 24.1 Å². The molecular weight excluding hydrogens is 260 g/mol. The summed E-state index contributed by atoms with van der Waals surface area (Å²) in [7, 11) is 0. The molecule has 4 nitrogen and oxygen atoms in total. The molecule has 0 aromatic carbocycles. The maximum Gasteiger partial charge on any atom is 0.120 e. The summed E-state index contributed by atoms with van der Waals surface area (Å²) in [5.74, 6) is 1.14. The quantitative estimate of drug-likeness (QED) is 0.929. The minimum absolute atomic E-state index is 0.867. The molecule has 0 amide bonds. The van der Waals surface area contributed by atoms with Gasteiger partial charge in [-0.15, -0.1) is 0 Å². The van der Waals surface area contributed by atoms with E-state index in [1.54, 1.807) is 0 Å². The molecule has 4 heteroatoms. The van der Waals surface area contributed by atoms with E-state index in [9.17, 15) is 0 Å². The molecule has 1 N–H and O–H groups in total. The number of imidazole rings is 1. The van der Waals surface area contributed by atoms with Crippen LogP contribution in [0.15, 0.2) is 0 Å². The molecule has 0 spiro atoms. The molecule has 1 aromatic heterocycles. The van der Waals surface area contributed by atoms with E-state index in [2.05, 4.69) is 33.6 Å². The highest BCUT2D eigenvalue weighted by molar-refractivity contribution is 5.10. The molecule has 0 atom stereocenters. The summed E-state index contributed by atoms with van der Waals surface area (Å²) >= 11 is 0. The molecule has 1 aromatic rings. The van der Waals surface area contributed by atoms with Crippen molar-refractivity contribution in [1.82, 2.24) is 19.8 Å². The van der Waals surface area contributed by atoms with Crippen LogP contribution in [-0.2, 0) is 6.54 Å². The number of rotatable bonds is 3. The lowest BCUT2D eigenvalue weighted by Crippen LogP contribution is -2.39. The van der Waals surface area contributed by atoms with Crippen LogP contribution in [0.5, 0.6) is 0 Å².